The summed E-state index contributed by atoms with van der Waals surface area (Å²) < 4.78 is 28.3. The topological polar surface area (TPSA) is 96.1 Å². The maximum atomic E-state index is 13.7. The standard InChI is InChI=1S/C28H26N4O3S/c1-28(2)24-14-20(19-7-10-31(11-8-19)36(34,35)32-12-9-30-17-32)4-6-23(24)27(33)26-22-5-3-18(16-29)13-21(22)15-25(26)28/h3-6,9,12-14,17,19H,7-8,10-11,15H2,1-2H3. The number of fused-ring (bicyclic) bond motifs is 3. The van der Waals surface area contributed by atoms with Crippen molar-refractivity contribution in [1.29, 1.82) is 5.26 Å². The lowest BCUT2D eigenvalue weighted by Gasteiger charge is -2.36. The Morgan fingerprint density at radius 3 is 2.53 bits per heavy atom. The van der Waals surface area contributed by atoms with Crippen molar-refractivity contribution in [2.45, 2.75) is 44.4 Å². The Labute approximate surface area is 210 Å². The van der Waals surface area contributed by atoms with Gasteiger partial charge in [-0.05, 0) is 65.1 Å². The average molecular weight is 499 g/mol. The second kappa shape index (κ2) is 7.99. The fourth-order valence-corrected chi connectivity index (χ4v) is 7.37. The number of carbonyl (C=O) groups excluding carboxylic acids is 1. The van der Waals surface area contributed by atoms with E-state index in [-0.39, 0.29) is 17.1 Å². The molecule has 0 radical (unpaired) electrons. The van der Waals surface area contributed by atoms with Crippen LogP contribution >= 0.6 is 0 Å². The van der Waals surface area contributed by atoms with Crippen LogP contribution in [-0.2, 0) is 22.0 Å². The van der Waals surface area contributed by atoms with Crippen molar-refractivity contribution < 1.29 is 13.2 Å². The molecule has 0 unspecified atom stereocenters. The molecule has 1 fully saturated rings. The smallest absolute Gasteiger partial charge is 0.289 e. The van der Waals surface area contributed by atoms with E-state index in [4.69, 9.17) is 0 Å². The highest BCUT2D eigenvalue weighted by Gasteiger charge is 2.43. The molecule has 3 aromatic rings. The Kier molecular flexibility index (Phi) is 5.08. The molecule has 0 amide bonds. The molecule has 36 heavy (non-hydrogen) atoms. The molecular weight excluding hydrogens is 472 g/mol. The zero-order chi connectivity index (χ0) is 25.2. The number of nitriles is 1. The van der Waals surface area contributed by atoms with E-state index in [1.165, 1.54) is 23.0 Å². The van der Waals surface area contributed by atoms with E-state index in [1.54, 1.807) is 6.07 Å². The van der Waals surface area contributed by atoms with E-state index in [0.29, 0.717) is 25.1 Å². The Bertz CT molecular complexity index is 1590. The summed E-state index contributed by atoms with van der Waals surface area (Å²) in [6.07, 6.45) is 6.35. The molecule has 6 rings (SSSR count). The third-order valence-electron chi connectivity index (χ3n) is 8.11. The molecule has 0 bridgehead atoms. The number of carbonyl (C=O) groups is 1. The lowest BCUT2D eigenvalue weighted by molar-refractivity contribution is 0.105. The predicted octanol–water partition coefficient (Wildman–Crippen LogP) is 4.21. The lowest BCUT2D eigenvalue weighted by atomic mass is 9.67. The van der Waals surface area contributed by atoms with Gasteiger partial charge in [-0.25, -0.2) is 8.96 Å². The highest BCUT2D eigenvalue weighted by molar-refractivity contribution is 7.87. The van der Waals surface area contributed by atoms with Crippen LogP contribution in [0.5, 0.6) is 0 Å². The molecule has 8 heteroatoms. The van der Waals surface area contributed by atoms with Crippen LogP contribution in [0.15, 0.2) is 60.7 Å². The van der Waals surface area contributed by atoms with Crippen molar-refractivity contribution >= 4 is 21.6 Å². The number of nitrogens with zero attached hydrogens (tertiary/aromatic N) is 4. The highest BCUT2D eigenvalue weighted by atomic mass is 32.2. The van der Waals surface area contributed by atoms with Gasteiger partial charge in [-0.2, -0.15) is 18.0 Å². The van der Waals surface area contributed by atoms with Crippen LogP contribution in [0.3, 0.4) is 0 Å². The van der Waals surface area contributed by atoms with Crippen molar-refractivity contribution in [2.24, 2.45) is 0 Å². The third kappa shape index (κ3) is 3.30. The molecule has 7 nitrogen and oxygen atoms in total. The molecule has 0 N–H and O–H groups in total. The first kappa shape index (κ1) is 22.9. The maximum Gasteiger partial charge on any atom is 0.308 e. The van der Waals surface area contributed by atoms with Gasteiger partial charge in [0.05, 0.1) is 11.6 Å². The van der Waals surface area contributed by atoms with Gasteiger partial charge in [0.2, 0.25) is 0 Å². The maximum absolute atomic E-state index is 13.7. The van der Waals surface area contributed by atoms with Crippen LogP contribution in [0.4, 0.5) is 0 Å². The summed E-state index contributed by atoms with van der Waals surface area (Å²) in [6, 6.07) is 14.0. The lowest BCUT2D eigenvalue weighted by Crippen LogP contribution is -2.40. The van der Waals surface area contributed by atoms with Crippen LogP contribution in [0, 0.1) is 11.3 Å². The van der Waals surface area contributed by atoms with Crippen LogP contribution < -0.4 is 0 Å². The van der Waals surface area contributed by atoms with Crippen molar-refractivity contribution in [3.05, 3.63) is 94.1 Å². The molecule has 1 aromatic heterocycles. The number of imidazole rings is 1. The van der Waals surface area contributed by atoms with E-state index in [1.807, 2.05) is 24.3 Å². The van der Waals surface area contributed by atoms with Crippen LogP contribution in [-0.4, -0.2) is 40.6 Å². The fourth-order valence-electron chi connectivity index (χ4n) is 6.05. The fraction of sp³-hybridized carbons (Fsp3) is 0.321. The van der Waals surface area contributed by atoms with Crippen molar-refractivity contribution in [2.75, 3.05) is 13.1 Å². The number of ketones is 1. The number of aromatic nitrogens is 2. The summed E-state index contributed by atoms with van der Waals surface area (Å²) in [4.78, 5) is 17.5. The van der Waals surface area contributed by atoms with Gasteiger partial charge in [0.1, 0.15) is 6.33 Å². The normalized spacial score (nSPS) is 19.5. The molecule has 3 aliphatic rings. The van der Waals surface area contributed by atoms with Gasteiger partial charge in [0, 0.05) is 42.0 Å². The first-order chi connectivity index (χ1) is 17.2. The number of Topliss-reactive ketones (excluding diaryl/α,β-unsaturated/α-hetero) is 1. The Morgan fingerprint density at radius 1 is 1.08 bits per heavy atom. The van der Waals surface area contributed by atoms with Crippen LogP contribution in [0.25, 0.3) is 5.57 Å². The average Bonchev–Trinajstić information content (AvgIpc) is 3.56. The van der Waals surface area contributed by atoms with Crippen molar-refractivity contribution in [1.82, 2.24) is 13.3 Å². The van der Waals surface area contributed by atoms with Crippen LogP contribution in [0.1, 0.15) is 70.8 Å². The van der Waals surface area contributed by atoms with E-state index >= 15 is 0 Å². The number of hydrogen-bond donors (Lipinski definition) is 0. The molecule has 0 atom stereocenters. The zero-order valence-corrected chi connectivity index (χ0v) is 21.0. The minimum Gasteiger partial charge on any atom is -0.289 e. The SMILES string of the molecule is CC1(C)C2=C(C(=O)c3ccc(C4CCN(S(=O)(=O)n5ccnc5)CC4)cc31)c1ccc(C#N)cc1C2. The Balaban J connectivity index is 1.28. The number of benzene rings is 2. The highest BCUT2D eigenvalue weighted by Crippen LogP contribution is 2.50. The number of allylic oxidation sites excluding steroid dienone is 2. The minimum absolute atomic E-state index is 0.0515. The molecule has 2 aromatic carbocycles. The van der Waals surface area contributed by atoms with Gasteiger partial charge in [0.15, 0.2) is 5.78 Å². The van der Waals surface area contributed by atoms with Crippen molar-refractivity contribution in [3.63, 3.8) is 0 Å². The second-order valence-corrected chi connectivity index (χ2v) is 12.2. The second-order valence-electron chi connectivity index (χ2n) is 10.3. The number of rotatable bonds is 3. The van der Waals surface area contributed by atoms with Crippen molar-refractivity contribution in [3.8, 4) is 6.07 Å². The van der Waals surface area contributed by atoms with Gasteiger partial charge >= 0.3 is 10.2 Å². The van der Waals surface area contributed by atoms with Gasteiger partial charge in [-0.15, -0.1) is 0 Å². The summed E-state index contributed by atoms with van der Waals surface area (Å²) in [5.41, 5.74) is 7.10. The molecule has 2 aliphatic carbocycles. The molecule has 0 spiro atoms. The van der Waals surface area contributed by atoms with Gasteiger partial charge in [0.25, 0.3) is 0 Å². The van der Waals surface area contributed by atoms with Gasteiger partial charge in [-0.1, -0.05) is 38.1 Å². The summed E-state index contributed by atoms with van der Waals surface area (Å²) in [6.45, 7) is 5.23. The predicted molar refractivity (Wildman–Crippen MR) is 136 cm³/mol. The first-order valence-corrected chi connectivity index (χ1v) is 13.6. The summed E-state index contributed by atoms with van der Waals surface area (Å²) >= 11 is 0. The van der Waals surface area contributed by atoms with E-state index < -0.39 is 10.2 Å². The van der Waals surface area contributed by atoms with E-state index in [9.17, 15) is 18.5 Å². The van der Waals surface area contributed by atoms with E-state index in [2.05, 4.69) is 31.0 Å². The molecule has 2 heterocycles. The summed E-state index contributed by atoms with van der Waals surface area (Å²) in [5.74, 6) is 0.278. The summed E-state index contributed by atoms with van der Waals surface area (Å²) in [7, 11) is -3.59. The molecule has 0 saturated carbocycles. The minimum atomic E-state index is -3.59. The van der Waals surface area contributed by atoms with Gasteiger partial charge < -0.3 is 0 Å². The quantitative estimate of drug-likeness (QED) is 0.539. The largest absolute Gasteiger partial charge is 0.308 e. The molecule has 1 aliphatic heterocycles. The van der Waals surface area contributed by atoms with E-state index in [0.717, 1.165) is 55.8 Å². The molecule has 182 valence electrons. The zero-order valence-electron chi connectivity index (χ0n) is 20.2. The number of hydrogen-bond acceptors (Lipinski definition) is 5. The Hall–Kier alpha value is -3.54. The number of piperidine rings is 1. The van der Waals surface area contributed by atoms with Crippen LogP contribution in [0.2, 0.25) is 0 Å². The summed E-state index contributed by atoms with van der Waals surface area (Å²) in [5, 5.41) is 9.32. The Morgan fingerprint density at radius 2 is 1.83 bits per heavy atom. The molecule has 1 saturated heterocycles. The molecular formula is C28H26N4O3S. The first-order valence-electron chi connectivity index (χ1n) is 12.2. The van der Waals surface area contributed by atoms with Gasteiger partial charge in [-0.3, -0.25) is 4.79 Å². The third-order valence-corrected chi connectivity index (χ3v) is 9.88. The monoisotopic (exact) mass is 498 g/mol.